The zero-order valence-corrected chi connectivity index (χ0v) is 18.5. The summed E-state index contributed by atoms with van der Waals surface area (Å²) >= 11 is 0. The van der Waals surface area contributed by atoms with Gasteiger partial charge >= 0.3 is 5.97 Å². The van der Waals surface area contributed by atoms with Crippen molar-refractivity contribution in [3.05, 3.63) is 53.6 Å². The molecule has 1 aliphatic rings. The molecule has 1 saturated heterocycles. The van der Waals surface area contributed by atoms with Crippen LogP contribution in [0.4, 0.5) is 5.69 Å². The highest BCUT2D eigenvalue weighted by Gasteiger charge is 2.25. The van der Waals surface area contributed by atoms with Crippen molar-refractivity contribution < 1.29 is 33.4 Å². The first-order chi connectivity index (χ1) is 15.9. The van der Waals surface area contributed by atoms with E-state index in [-0.39, 0.29) is 31.1 Å². The quantitative estimate of drug-likeness (QED) is 0.583. The number of rotatable bonds is 8. The third-order valence-corrected chi connectivity index (χ3v) is 5.15. The van der Waals surface area contributed by atoms with E-state index in [1.807, 2.05) is 0 Å². The first kappa shape index (κ1) is 23.6. The van der Waals surface area contributed by atoms with Crippen molar-refractivity contribution in [3.63, 3.8) is 0 Å². The SMILES string of the molecule is COC(=O)CC(NC(=O)c1ccc(N2NC(=O)CCC2=O)cc1)c1ccc(OC)c(OC)c1. The van der Waals surface area contributed by atoms with Crippen LogP contribution >= 0.6 is 0 Å². The molecule has 10 heteroatoms. The standard InChI is InChI=1S/C23H25N3O7/c1-31-18-9-6-15(12-19(18)32-2)17(13-22(29)33-3)24-23(30)14-4-7-16(8-5-14)26-21(28)11-10-20(27)25-26/h4-9,12,17H,10-11,13H2,1-3H3,(H,24,30)(H,25,27). The Hall–Kier alpha value is -4.08. The fourth-order valence-electron chi connectivity index (χ4n) is 3.36. The van der Waals surface area contributed by atoms with Crippen LogP contribution in [0.3, 0.4) is 0 Å². The number of methoxy groups -OCH3 is 3. The molecule has 0 aliphatic carbocycles. The van der Waals surface area contributed by atoms with Gasteiger partial charge in [0, 0.05) is 18.4 Å². The van der Waals surface area contributed by atoms with Gasteiger partial charge in [-0.25, -0.2) is 5.01 Å². The van der Waals surface area contributed by atoms with E-state index >= 15 is 0 Å². The number of nitrogens with one attached hydrogen (secondary N) is 2. The van der Waals surface area contributed by atoms with Crippen molar-refractivity contribution in [2.24, 2.45) is 0 Å². The van der Waals surface area contributed by atoms with Gasteiger partial charge in [0.25, 0.3) is 5.91 Å². The van der Waals surface area contributed by atoms with Gasteiger partial charge in [-0.3, -0.25) is 24.6 Å². The molecule has 1 fully saturated rings. The molecular formula is C23H25N3O7. The number of benzene rings is 2. The number of hydrogen-bond donors (Lipinski definition) is 2. The summed E-state index contributed by atoms with van der Waals surface area (Å²) in [6.07, 6.45) is 0.173. The molecule has 1 aliphatic heterocycles. The van der Waals surface area contributed by atoms with Gasteiger partial charge in [-0.2, -0.15) is 0 Å². The number of amides is 3. The van der Waals surface area contributed by atoms with Crippen LogP contribution in [0.1, 0.15) is 41.2 Å². The highest BCUT2D eigenvalue weighted by atomic mass is 16.5. The van der Waals surface area contributed by atoms with Gasteiger partial charge < -0.3 is 19.5 Å². The largest absolute Gasteiger partial charge is 0.493 e. The van der Waals surface area contributed by atoms with Gasteiger partial charge in [-0.05, 0) is 42.0 Å². The summed E-state index contributed by atoms with van der Waals surface area (Å²) < 4.78 is 15.3. The zero-order valence-electron chi connectivity index (χ0n) is 18.5. The lowest BCUT2D eigenvalue weighted by Gasteiger charge is -2.27. The van der Waals surface area contributed by atoms with Crippen LogP contribution in [0.5, 0.6) is 11.5 Å². The monoisotopic (exact) mass is 455 g/mol. The van der Waals surface area contributed by atoms with Gasteiger partial charge in [0.2, 0.25) is 11.8 Å². The van der Waals surface area contributed by atoms with Gasteiger partial charge in [0.15, 0.2) is 11.5 Å². The minimum atomic E-state index is -0.688. The van der Waals surface area contributed by atoms with E-state index in [2.05, 4.69) is 10.7 Å². The van der Waals surface area contributed by atoms with Crippen molar-refractivity contribution in [1.82, 2.24) is 10.7 Å². The number of anilines is 1. The molecule has 0 saturated carbocycles. The average Bonchev–Trinajstić information content (AvgIpc) is 2.84. The Morgan fingerprint density at radius 1 is 1.00 bits per heavy atom. The van der Waals surface area contributed by atoms with E-state index in [0.29, 0.717) is 28.3 Å². The summed E-state index contributed by atoms with van der Waals surface area (Å²) in [4.78, 5) is 48.5. The smallest absolute Gasteiger partial charge is 0.307 e. The van der Waals surface area contributed by atoms with Crippen molar-refractivity contribution in [2.75, 3.05) is 26.3 Å². The topological polar surface area (TPSA) is 123 Å². The lowest BCUT2D eigenvalue weighted by molar-refractivity contribution is -0.141. The van der Waals surface area contributed by atoms with E-state index < -0.39 is 17.9 Å². The van der Waals surface area contributed by atoms with Crippen LogP contribution < -0.4 is 25.2 Å². The van der Waals surface area contributed by atoms with Gasteiger partial charge in [0.1, 0.15) is 0 Å². The van der Waals surface area contributed by atoms with Crippen LogP contribution in [0.25, 0.3) is 0 Å². The van der Waals surface area contributed by atoms with Crippen molar-refractivity contribution >= 4 is 29.4 Å². The maximum absolute atomic E-state index is 12.9. The molecule has 3 amide bonds. The van der Waals surface area contributed by atoms with Gasteiger partial charge in [-0.1, -0.05) is 6.07 Å². The lowest BCUT2D eigenvalue weighted by Crippen LogP contribution is -2.50. The summed E-state index contributed by atoms with van der Waals surface area (Å²) in [5, 5.41) is 4.00. The molecule has 2 aromatic rings. The minimum Gasteiger partial charge on any atom is -0.493 e. The molecule has 33 heavy (non-hydrogen) atoms. The number of carbonyl (C=O) groups excluding carboxylic acids is 4. The molecule has 0 spiro atoms. The Morgan fingerprint density at radius 3 is 2.33 bits per heavy atom. The molecule has 1 atom stereocenters. The molecule has 10 nitrogen and oxygen atoms in total. The third kappa shape index (κ3) is 5.59. The normalized spacial score (nSPS) is 14.2. The molecule has 1 heterocycles. The van der Waals surface area contributed by atoms with Crippen LogP contribution in [-0.2, 0) is 19.1 Å². The fourth-order valence-corrected chi connectivity index (χ4v) is 3.36. The third-order valence-electron chi connectivity index (χ3n) is 5.15. The summed E-state index contributed by atoms with van der Waals surface area (Å²) in [6, 6.07) is 10.6. The van der Waals surface area contributed by atoms with Crippen LogP contribution in [0.2, 0.25) is 0 Å². The summed E-state index contributed by atoms with van der Waals surface area (Å²) in [7, 11) is 4.28. The number of carbonyl (C=O) groups is 4. The average molecular weight is 455 g/mol. The molecule has 1 unspecified atom stereocenters. The Bertz CT molecular complexity index is 1050. The Balaban J connectivity index is 1.80. The number of hydrogen-bond acceptors (Lipinski definition) is 7. The van der Waals surface area contributed by atoms with E-state index in [1.165, 1.54) is 33.5 Å². The van der Waals surface area contributed by atoms with E-state index in [1.54, 1.807) is 30.3 Å². The van der Waals surface area contributed by atoms with Crippen LogP contribution in [-0.4, -0.2) is 45.0 Å². The zero-order chi connectivity index (χ0) is 24.0. The predicted octanol–water partition coefficient (Wildman–Crippen LogP) is 1.90. The van der Waals surface area contributed by atoms with Crippen molar-refractivity contribution in [2.45, 2.75) is 25.3 Å². The highest BCUT2D eigenvalue weighted by Crippen LogP contribution is 2.31. The molecule has 0 bridgehead atoms. The minimum absolute atomic E-state index is 0.0931. The molecule has 174 valence electrons. The maximum Gasteiger partial charge on any atom is 0.307 e. The Kier molecular flexibility index (Phi) is 7.50. The predicted molar refractivity (Wildman–Crippen MR) is 118 cm³/mol. The molecule has 2 N–H and O–H groups in total. The van der Waals surface area contributed by atoms with Crippen LogP contribution in [0.15, 0.2) is 42.5 Å². The van der Waals surface area contributed by atoms with Crippen molar-refractivity contribution in [3.8, 4) is 11.5 Å². The Labute approximate surface area is 190 Å². The van der Waals surface area contributed by atoms with Gasteiger partial charge in [-0.15, -0.1) is 0 Å². The Morgan fingerprint density at radius 2 is 1.70 bits per heavy atom. The summed E-state index contributed by atoms with van der Waals surface area (Å²) in [6.45, 7) is 0. The van der Waals surface area contributed by atoms with E-state index in [4.69, 9.17) is 14.2 Å². The van der Waals surface area contributed by atoms with Crippen LogP contribution in [0, 0.1) is 0 Å². The molecule has 2 aromatic carbocycles. The van der Waals surface area contributed by atoms with Crippen molar-refractivity contribution in [1.29, 1.82) is 0 Å². The first-order valence-corrected chi connectivity index (χ1v) is 10.2. The first-order valence-electron chi connectivity index (χ1n) is 10.2. The second-order valence-corrected chi connectivity index (χ2v) is 7.23. The fraction of sp³-hybridized carbons (Fsp3) is 0.304. The second kappa shape index (κ2) is 10.5. The van der Waals surface area contributed by atoms with E-state index in [9.17, 15) is 19.2 Å². The molecule has 3 rings (SSSR count). The molecule has 0 aromatic heterocycles. The molecule has 0 radical (unpaired) electrons. The summed E-state index contributed by atoms with van der Waals surface area (Å²) in [5.41, 5.74) is 3.88. The highest BCUT2D eigenvalue weighted by molar-refractivity contribution is 6.01. The number of esters is 1. The summed E-state index contributed by atoms with van der Waals surface area (Å²) in [5.74, 6) is -0.449. The van der Waals surface area contributed by atoms with E-state index in [0.717, 1.165) is 5.01 Å². The maximum atomic E-state index is 12.9. The molecular weight excluding hydrogens is 430 g/mol. The second-order valence-electron chi connectivity index (χ2n) is 7.23. The number of hydrazine groups is 1. The van der Waals surface area contributed by atoms with Gasteiger partial charge in [0.05, 0.1) is 39.5 Å². The number of nitrogens with zero attached hydrogens (tertiary/aromatic N) is 1. The number of ether oxygens (including phenoxy) is 3. The lowest BCUT2D eigenvalue weighted by atomic mass is 10.0.